The van der Waals surface area contributed by atoms with Gasteiger partial charge in [-0.2, -0.15) is 0 Å². The van der Waals surface area contributed by atoms with Gasteiger partial charge in [-0.25, -0.2) is 4.57 Å². The molecule has 0 saturated carbocycles. The lowest BCUT2D eigenvalue weighted by Crippen LogP contribution is -2.44. The summed E-state index contributed by atoms with van der Waals surface area (Å²) in [5, 5.41) is 4.24. The molecule has 0 atom stereocenters. The van der Waals surface area contributed by atoms with Crippen LogP contribution in [0.25, 0.3) is 31.4 Å². The molecule has 2 heterocycles. The van der Waals surface area contributed by atoms with Gasteiger partial charge in [-0.1, -0.05) is 56.0 Å². The molecule has 0 saturated heterocycles. The average Bonchev–Trinajstić information content (AvgIpc) is 2.93. The van der Waals surface area contributed by atoms with Gasteiger partial charge in [-0.05, 0) is 18.6 Å². The summed E-state index contributed by atoms with van der Waals surface area (Å²) in [6, 6.07) is 17.9. The Labute approximate surface area is 154 Å². The molecular formula is C22H24NSSi+. The zero-order chi connectivity index (χ0) is 17.8. The lowest BCUT2D eigenvalue weighted by atomic mass is 10.0. The second-order valence-corrected chi connectivity index (χ2v) is 14.0. The van der Waals surface area contributed by atoms with E-state index in [0.717, 1.165) is 0 Å². The molecule has 0 bridgehead atoms. The van der Waals surface area contributed by atoms with Crippen LogP contribution in [0.4, 0.5) is 0 Å². The SMILES string of the molecule is Cc1ccc2c(sc3ccccc32)c1-c1ccc([Si](C)(C)C)c[n+]1C. The van der Waals surface area contributed by atoms with Crippen molar-refractivity contribution in [3.63, 3.8) is 0 Å². The van der Waals surface area contributed by atoms with Crippen molar-refractivity contribution in [2.75, 3.05) is 0 Å². The molecule has 0 N–H and O–H groups in total. The van der Waals surface area contributed by atoms with Gasteiger partial charge in [-0.15, -0.1) is 11.3 Å². The second kappa shape index (κ2) is 5.79. The quantitative estimate of drug-likeness (QED) is 0.332. The van der Waals surface area contributed by atoms with Crippen LogP contribution in [0.15, 0.2) is 54.7 Å². The van der Waals surface area contributed by atoms with Gasteiger partial charge in [0, 0.05) is 31.4 Å². The van der Waals surface area contributed by atoms with Crippen molar-refractivity contribution in [2.24, 2.45) is 7.05 Å². The van der Waals surface area contributed by atoms with Gasteiger partial charge in [0.2, 0.25) is 5.69 Å². The summed E-state index contributed by atoms with van der Waals surface area (Å²) >= 11 is 1.91. The first kappa shape index (κ1) is 16.5. The Morgan fingerprint density at radius 1 is 0.880 bits per heavy atom. The van der Waals surface area contributed by atoms with E-state index in [2.05, 4.69) is 92.9 Å². The molecule has 0 aliphatic carbocycles. The number of pyridine rings is 1. The number of hydrogen-bond acceptors (Lipinski definition) is 1. The number of aromatic nitrogens is 1. The van der Waals surface area contributed by atoms with E-state index < -0.39 is 8.07 Å². The maximum absolute atomic E-state index is 2.40. The van der Waals surface area contributed by atoms with Crippen LogP contribution >= 0.6 is 11.3 Å². The molecule has 0 amide bonds. The standard InChI is InChI=1S/C22H24NSSi/c1-15-10-12-18-17-8-6-7-9-20(17)24-22(18)21(15)19-13-11-16(14-23(19)2)25(3,4)5/h6-14H,1-5H3/q+1. The highest BCUT2D eigenvalue weighted by molar-refractivity contribution is 7.26. The van der Waals surface area contributed by atoms with Crippen LogP contribution in [0.5, 0.6) is 0 Å². The molecule has 4 rings (SSSR count). The normalized spacial score (nSPS) is 12.2. The Morgan fingerprint density at radius 2 is 1.64 bits per heavy atom. The van der Waals surface area contributed by atoms with Crippen LogP contribution < -0.4 is 9.75 Å². The third-order valence-electron chi connectivity index (χ3n) is 5.01. The van der Waals surface area contributed by atoms with E-state index in [-0.39, 0.29) is 0 Å². The Bertz CT molecular complexity index is 1100. The molecule has 2 aromatic heterocycles. The largest absolute Gasteiger partial charge is 0.213 e. The first-order valence-electron chi connectivity index (χ1n) is 8.77. The molecule has 25 heavy (non-hydrogen) atoms. The summed E-state index contributed by atoms with van der Waals surface area (Å²) < 4.78 is 5.09. The van der Waals surface area contributed by atoms with E-state index >= 15 is 0 Å². The van der Waals surface area contributed by atoms with Crippen LogP contribution in [0.1, 0.15) is 5.56 Å². The third kappa shape index (κ3) is 2.72. The van der Waals surface area contributed by atoms with Gasteiger partial charge < -0.3 is 0 Å². The van der Waals surface area contributed by atoms with E-state index in [1.54, 1.807) is 0 Å². The first-order valence-corrected chi connectivity index (χ1v) is 13.1. The Hall–Kier alpha value is -1.97. The molecule has 4 aromatic rings. The van der Waals surface area contributed by atoms with Crippen LogP contribution in [0, 0.1) is 6.92 Å². The number of fused-ring (bicyclic) bond motifs is 3. The number of thiophene rings is 1. The second-order valence-electron chi connectivity index (χ2n) is 7.90. The predicted octanol–water partition coefficient (Wildman–Crippen LogP) is 5.40. The minimum absolute atomic E-state index is 1.30. The van der Waals surface area contributed by atoms with Gasteiger partial charge in [0.05, 0.1) is 13.6 Å². The fraction of sp³-hybridized carbons (Fsp3) is 0.227. The smallest absolute Gasteiger partial charge is 0.201 e. The zero-order valence-electron chi connectivity index (χ0n) is 15.6. The fourth-order valence-corrected chi connectivity index (χ4v) is 5.99. The van der Waals surface area contributed by atoms with Gasteiger partial charge in [0.1, 0.15) is 7.05 Å². The van der Waals surface area contributed by atoms with Crippen LogP contribution in [0.2, 0.25) is 19.6 Å². The lowest BCUT2D eigenvalue weighted by Gasteiger charge is -2.15. The highest BCUT2D eigenvalue weighted by atomic mass is 32.1. The Morgan fingerprint density at radius 3 is 2.36 bits per heavy atom. The number of nitrogens with zero attached hydrogens (tertiary/aromatic N) is 1. The van der Waals surface area contributed by atoms with Crippen molar-refractivity contribution in [1.29, 1.82) is 0 Å². The number of benzene rings is 2. The van der Waals surface area contributed by atoms with Crippen molar-refractivity contribution in [3.8, 4) is 11.3 Å². The summed E-state index contributed by atoms with van der Waals surface area (Å²) in [7, 11) is 0.885. The zero-order valence-corrected chi connectivity index (χ0v) is 17.4. The molecule has 0 spiro atoms. The monoisotopic (exact) mass is 362 g/mol. The molecule has 2 aromatic carbocycles. The first-order chi connectivity index (χ1) is 11.9. The van der Waals surface area contributed by atoms with Gasteiger partial charge in [0.15, 0.2) is 6.20 Å². The van der Waals surface area contributed by atoms with E-state index in [1.165, 1.54) is 42.2 Å². The van der Waals surface area contributed by atoms with Crippen molar-refractivity contribution in [3.05, 3.63) is 60.3 Å². The fourth-order valence-electron chi connectivity index (χ4n) is 3.52. The third-order valence-corrected chi connectivity index (χ3v) is 8.24. The molecule has 0 fully saturated rings. The number of hydrogen-bond donors (Lipinski definition) is 0. The Balaban J connectivity index is 2.02. The topological polar surface area (TPSA) is 3.88 Å². The summed E-state index contributed by atoms with van der Waals surface area (Å²) in [4.78, 5) is 0. The highest BCUT2D eigenvalue weighted by Gasteiger charge is 2.23. The van der Waals surface area contributed by atoms with Crippen molar-refractivity contribution < 1.29 is 4.57 Å². The van der Waals surface area contributed by atoms with E-state index in [1.807, 2.05) is 11.3 Å². The summed E-state index contributed by atoms with van der Waals surface area (Å²) in [6.07, 6.45) is 2.34. The van der Waals surface area contributed by atoms with Gasteiger partial charge in [0.25, 0.3) is 0 Å². The molecule has 3 heteroatoms. The van der Waals surface area contributed by atoms with Gasteiger partial charge >= 0.3 is 0 Å². The molecule has 1 nitrogen and oxygen atoms in total. The van der Waals surface area contributed by atoms with E-state index in [4.69, 9.17) is 0 Å². The minimum atomic E-state index is -1.30. The molecular weight excluding hydrogens is 338 g/mol. The van der Waals surface area contributed by atoms with Crippen molar-refractivity contribution in [1.82, 2.24) is 0 Å². The average molecular weight is 363 g/mol. The summed E-state index contributed by atoms with van der Waals surface area (Å²) in [6.45, 7) is 9.44. The Kier molecular flexibility index (Phi) is 3.82. The number of aryl methyl sites for hydroxylation is 2. The molecule has 0 radical (unpaired) electrons. The number of rotatable bonds is 2. The molecule has 126 valence electrons. The minimum Gasteiger partial charge on any atom is -0.201 e. The summed E-state index contributed by atoms with van der Waals surface area (Å²) in [5.41, 5.74) is 4.02. The van der Waals surface area contributed by atoms with Crippen LogP contribution in [-0.4, -0.2) is 8.07 Å². The maximum Gasteiger partial charge on any atom is 0.213 e. The highest BCUT2D eigenvalue weighted by Crippen LogP contribution is 2.40. The molecule has 0 aliphatic rings. The van der Waals surface area contributed by atoms with Crippen molar-refractivity contribution in [2.45, 2.75) is 26.6 Å². The maximum atomic E-state index is 2.40. The van der Waals surface area contributed by atoms with Crippen molar-refractivity contribution >= 4 is 44.8 Å². The molecule has 0 aliphatic heterocycles. The summed E-state index contributed by atoms with van der Waals surface area (Å²) in [5.74, 6) is 0. The van der Waals surface area contributed by atoms with Gasteiger partial charge in [-0.3, -0.25) is 0 Å². The van der Waals surface area contributed by atoms with Crippen LogP contribution in [0.3, 0.4) is 0 Å². The van der Waals surface area contributed by atoms with Crippen LogP contribution in [-0.2, 0) is 7.05 Å². The lowest BCUT2D eigenvalue weighted by molar-refractivity contribution is -0.659. The van der Waals surface area contributed by atoms with E-state index in [0.29, 0.717) is 0 Å². The van der Waals surface area contributed by atoms with E-state index in [9.17, 15) is 0 Å². The molecule has 0 unspecified atom stereocenters. The predicted molar refractivity (Wildman–Crippen MR) is 114 cm³/mol.